The van der Waals surface area contributed by atoms with Gasteiger partial charge in [0.05, 0.1) is 0 Å². The molecule has 27 heavy (non-hydrogen) atoms. The molecule has 5 rings (SSSR count). The summed E-state index contributed by atoms with van der Waals surface area (Å²) in [7, 11) is 0. The van der Waals surface area contributed by atoms with Crippen LogP contribution in [0.1, 0.15) is 23.3 Å². The molecule has 1 fully saturated rings. The van der Waals surface area contributed by atoms with E-state index in [1.807, 2.05) is 35.4 Å². The van der Waals surface area contributed by atoms with E-state index in [0.29, 0.717) is 5.69 Å². The van der Waals surface area contributed by atoms with Gasteiger partial charge in [-0.25, -0.2) is 4.68 Å². The smallest absolute Gasteiger partial charge is 0.274 e. The van der Waals surface area contributed by atoms with Gasteiger partial charge in [-0.05, 0) is 48.2 Å². The topological polar surface area (TPSA) is 42.5 Å². The van der Waals surface area contributed by atoms with Gasteiger partial charge in [-0.1, -0.05) is 36.4 Å². The van der Waals surface area contributed by atoms with Gasteiger partial charge in [-0.15, -0.1) is 0 Å². The SMILES string of the molecule is O=C(c1ccn(-c2ccc3ccc(-c4ccccc4)cn23)n1)N1CCCC1. The van der Waals surface area contributed by atoms with Gasteiger partial charge in [0.1, 0.15) is 5.82 Å². The molecule has 4 heterocycles. The number of carbonyl (C=O) groups excluding carboxylic acids is 1. The van der Waals surface area contributed by atoms with Crippen molar-refractivity contribution in [2.45, 2.75) is 12.8 Å². The first kappa shape index (κ1) is 15.9. The average Bonchev–Trinajstić information content (AvgIpc) is 3.47. The van der Waals surface area contributed by atoms with Crippen molar-refractivity contribution in [3.8, 4) is 16.9 Å². The monoisotopic (exact) mass is 356 g/mol. The number of likely N-dealkylation sites (tertiary alicyclic amines) is 1. The van der Waals surface area contributed by atoms with Crippen LogP contribution in [0.5, 0.6) is 0 Å². The highest BCUT2D eigenvalue weighted by molar-refractivity contribution is 5.92. The third-order valence-electron chi connectivity index (χ3n) is 5.17. The zero-order valence-electron chi connectivity index (χ0n) is 15.0. The standard InChI is InChI=1S/C22H20N4O/c27-22(24-13-4-5-14-24)20-12-15-26(23-20)21-11-10-19-9-8-18(16-25(19)21)17-6-2-1-3-7-17/h1-3,6-12,15-16H,4-5,13-14H2. The summed E-state index contributed by atoms with van der Waals surface area (Å²) in [5.41, 5.74) is 3.91. The summed E-state index contributed by atoms with van der Waals surface area (Å²) in [6, 6.07) is 20.4. The summed E-state index contributed by atoms with van der Waals surface area (Å²) >= 11 is 0. The molecule has 1 saturated heterocycles. The van der Waals surface area contributed by atoms with E-state index in [0.717, 1.165) is 42.8 Å². The number of carbonyl (C=O) groups is 1. The lowest BCUT2D eigenvalue weighted by atomic mass is 10.1. The van der Waals surface area contributed by atoms with E-state index < -0.39 is 0 Å². The number of hydrogen-bond acceptors (Lipinski definition) is 2. The first-order valence-electron chi connectivity index (χ1n) is 9.31. The minimum Gasteiger partial charge on any atom is -0.337 e. The molecule has 0 bridgehead atoms. The predicted molar refractivity (Wildman–Crippen MR) is 105 cm³/mol. The second kappa shape index (κ2) is 6.43. The lowest BCUT2D eigenvalue weighted by Gasteiger charge is -2.12. The van der Waals surface area contributed by atoms with Gasteiger partial charge in [0.25, 0.3) is 5.91 Å². The van der Waals surface area contributed by atoms with Crippen molar-refractivity contribution in [1.82, 2.24) is 19.1 Å². The molecule has 134 valence electrons. The van der Waals surface area contributed by atoms with Gasteiger partial charge < -0.3 is 9.30 Å². The molecule has 0 atom stereocenters. The number of benzene rings is 1. The van der Waals surface area contributed by atoms with Crippen LogP contribution in [0, 0.1) is 0 Å². The maximum absolute atomic E-state index is 12.6. The highest BCUT2D eigenvalue weighted by Crippen LogP contribution is 2.23. The van der Waals surface area contributed by atoms with E-state index in [2.05, 4.69) is 46.0 Å². The van der Waals surface area contributed by atoms with Crippen molar-refractivity contribution < 1.29 is 4.79 Å². The number of nitrogens with zero attached hydrogens (tertiary/aromatic N) is 4. The van der Waals surface area contributed by atoms with Crippen LogP contribution >= 0.6 is 0 Å². The Hall–Kier alpha value is -3.34. The summed E-state index contributed by atoms with van der Waals surface area (Å²) in [4.78, 5) is 14.5. The number of pyridine rings is 1. The maximum atomic E-state index is 12.6. The molecule has 5 heteroatoms. The Kier molecular flexibility index (Phi) is 3.78. The van der Waals surface area contributed by atoms with Crippen LogP contribution in [0.15, 0.2) is 73.1 Å². The Morgan fingerprint density at radius 1 is 0.852 bits per heavy atom. The molecule has 3 aromatic heterocycles. The molecule has 1 amide bonds. The molecule has 1 aliphatic rings. The number of amides is 1. The molecule has 0 aliphatic carbocycles. The van der Waals surface area contributed by atoms with Gasteiger partial charge in [-0.3, -0.25) is 4.79 Å². The van der Waals surface area contributed by atoms with E-state index in [9.17, 15) is 4.79 Å². The Morgan fingerprint density at radius 3 is 2.44 bits per heavy atom. The normalized spacial score (nSPS) is 14.1. The van der Waals surface area contributed by atoms with Crippen LogP contribution in [0.3, 0.4) is 0 Å². The van der Waals surface area contributed by atoms with Crippen LogP contribution in [0.2, 0.25) is 0 Å². The van der Waals surface area contributed by atoms with E-state index in [1.54, 1.807) is 10.7 Å². The Balaban J connectivity index is 1.52. The third-order valence-corrected chi connectivity index (χ3v) is 5.17. The Morgan fingerprint density at radius 2 is 1.63 bits per heavy atom. The molecule has 0 radical (unpaired) electrons. The van der Waals surface area contributed by atoms with Gasteiger partial charge >= 0.3 is 0 Å². The summed E-state index contributed by atoms with van der Waals surface area (Å²) < 4.78 is 3.89. The van der Waals surface area contributed by atoms with E-state index in [-0.39, 0.29) is 5.91 Å². The average molecular weight is 356 g/mol. The van der Waals surface area contributed by atoms with Gasteiger partial charge in [0.2, 0.25) is 0 Å². The second-order valence-corrected chi connectivity index (χ2v) is 6.92. The first-order valence-corrected chi connectivity index (χ1v) is 9.31. The fourth-order valence-electron chi connectivity index (χ4n) is 3.72. The highest BCUT2D eigenvalue weighted by atomic mass is 16.2. The Bertz CT molecular complexity index is 1100. The second-order valence-electron chi connectivity index (χ2n) is 6.92. The van der Waals surface area contributed by atoms with Crippen LogP contribution in [0.25, 0.3) is 22.5 Å². The van der Waals surface area contributed by atoms with Crippen molar-refractivity contribution in [2.24, 2.45) is 0 Å². The molecule has 1 aliphatic heterocycles. The zero-order valence-corrected chi connectivity index (χ0v) is 15.0. The zero-order chi connectivity index (χ0) is 18.2. The van der Waals surface area contributed by atoms with Gasteiger partial charge in [0.15, 0.2) is 5.69 Å². The van der Waals surface area contributed by atoms with Crippen molar-refractivity contribution >= 4 is 11.4 Å². The largest absolute Gasteiger partial charge is 0.337 e. The van der Waals surface area contributed by atoms with Crippen molar-refractivity contribution in [1.29, 1.82) is 0 Å². The van der Waals surface area contributed by atoms with E-state index >= 15 is 0 Å². The van der Waals surface area contributed by atoms with Crippen LogP contribution in [-0.4, -0.2) is 38.1 Å². The number of aromatic nitrogens is 3. The van der Waals surface area contributed by atoms with Crippen LogP contribution in [-0.2, 0) is 0 Å². The van der Waals surface area contributed by atoms with E-state index in [1.165, 1.54) is 5.56 Å². The first-order chi connectivity index (χ1) is 13.3. The summed E-state index contributed by atoms with van der Waals surface area (Å²) in [6.45, 7) is 1.67. The summed E-state index contributed by atoms with van der Waals surface area (Å²) in [6.07, 6.45) is 6.14. The Labute approximate surface area is 157 Å². The molecule has 4 aromatic rings. The molecule has 0 spiro atoms. The lowest BCUT2D eigenvalue weighted by molar-refractivity contribution is 0.0786. The third kappa shape index (κ3) is 2.81. The number of rotatable bonds is 3. The fraction of sp³-hybridized carbons (Fsp3) is 0.182. The predicted octanol–water partition coefficient (Wildman–Crippen LogP) is 4.03. The molecule has 0 N–H and O–H groups in total. The number of fused-ring (bicyclic) bond motifs is 1. The molecular weight excluding hydrogens is 336 g/mol. The molecule has 5 nitrogen and oxygen atoms in total. The van der Waals surface area contributed by atoms with Gasteiger partial charge in [0, 0.05) is 31.0 Å². The molecule has 1 aromatic carbocycles. The lowest BCUT2D eigenvalue weighted by Crippen LogP contribution is -2.28. The number of hydrogen-bond donors (Lipinski definition) is 0. The van der Waals surface area contributed by atoms with Crippen LogP contribution in [0.4, 0.5) is 0 Å². The summed E-state index contributed by atoms with van der Waals surface area (Å²) in [5.74, 6) is 0.945. The van der Waals surface area contributed by atoms with Crippen molar-refractivity contribution in [2.75, 3.05) is 13.1 Å². The van der Waals surface area contributed by atoms with E-state index in [4.69, 9.17) is 0 Å². The van der Waals surface area contributed by atoms with Crippen molar-refractivity contribution in [3.05, 3.63) is 78.8 Å². The minimum atomic E-state index is 0.0251. The molecular formula is C22H20N4O. The van der Waals surface area contributed by atoms with Crippen molar-refractivity contribution in [3.63, 3.8) is 0 Å². The minimum absolute atomic E-state index is 0.0251. The maximum Gasteiger partial charge on any atom is 0.274 e. The molecule has 0 unspecified atom stereocenters. The molecule has 0 saturated carbocycles. The fourth-order valence-corrected chi connectivity index (χ4v) is 3.72. The summed E-state index contributed by atoms with van der Waals surface area (Å²) in [5, 5.41) is 4.55. The quantitative estimate of drug-likeness (QED) is 0.556. The van der Waals surface area contributed by atoms with Gasteiger partial charge in [-0.2, -0.15) is 5.10 Å². The van der Waals surface area contributed by atoms with Crippen LogP contribution < -0.4 is 0 Å². The highest BCUT2D eigenvalue weighted by Gasteiger charge is 2.21.